The number of carbonyl (C=O) groups is 1. The van der Waals surface area contributed by atoms with Crippen LogP contribution < -0.4 is 4.72 Å². The molecule has 0 amide bonds. The van der Waals surface area contributed by atoms with E-state index in [0.717, 1.165) is 17.5 Å². The van der Waals surface area contributed by atoms with Crippen molar-refractivity contribution in [2.45, 2.75) is 24.2 Å². The molecule has 2 aromatic rings. The fourth-order valence-corrected chi connectivity index (χ4v) is 4.14. The third-order valence-corrected chi connectivity index (χ3v) is 5.18. The number of fused-ring (bicyclic) bond motifs is 1. The Morgan fingerprint density at radius 3 is 2.50 bits per heavy atom. The highest BCUT2D eigenvalue weighted by Crippen LogP contribution is 2.31. The summed E-state index contributed by atoms with van der Waals surface area (Å²) in [7, 11) is -3.81. The highest BCUT2D eigenvalue weighted by molar-refractivity contribution is 7.92. The van der Waals surface area contributed by atoms with Crippen LogP contribution in [-0.4, -0.2) is 19.5 Å². The van der Waals surface area contributed by atoms with Gasteiger partial charge in [0.1, 0.15) is 0 Å². The minimum Gasteiger partial charge on any atom is -0.478 e. The summed E-state index contributed by atoms with van der Waals surface area (Å²) >= 11 is 0. The molecule has 0 fully saturated rings. The second-order valence-corrected chi connectivity index (χ2v) is 6.89. The average molecular weight is 317 g/mol. The van der Waals surface area contributed by atoms with Crippen LogP contribution >= 0.6 is 0 Å². The Bertz CT molecular complexity index is 829. The van der Waals surface area contributed by atoms with Crippen molar-refractivity contribution < 1.29 is 18.3 Å². The molecule has 0 saturated heterocycles. The van der Waals surface area contributed by atoms with E-state index in [-0.39, 0.29) is 10.5 Å². The number of hydrogen-bond donors (Lipinski definition) is 2. The van der Waals surface area contributed by atoms with Crippen molar-refractivity contribution in [3.8, 4) is 0 Å². The van der Waals surface area contributed by atoms with E-state index in [1.165, 1.54) is 6.07 Å². The number of carboxylic acid groups (broad SMARTS) is 1. The first-order valence-electron chi connectivity index (χ1n) is 6.94. The molecule has 6 heteroatoms. The lowest BCUT2D eigenvalue weighted by Crippen LogP contribution is -2.16. The summed E-state index contributed by atoms with van der Waals surface area (Å²) in [5.74, 6) is -1.12. The number of benzene rings is 2. The summed E-state index contributed by atoms with van der Waals surface area (Å²) in [6.07, 6.45) is 2.21. The third kappa shape index (κ3) is 2.69. The molecule has 22 heavy (non-hydrogen) atoms. The zero-order chi connectivity index (χ0) is 15.7. The first-order chi connectivity index (χ1) is 10.5. The average Bonchev–Trinajstić information content (AvgIpc) is 2.94. The molecule has 5 nitrogen and oxygen atoms in total. The quantitative estimate of drug-likeness (QED) is 0.908. The molecule has 1 aliphatic rings. The van der Waals surface area contributed by atoms with Crippen molar-refractivity contribution in [3.05, 3.63) is 59.2 Å². The fourth-order valence-electron chi connectivity index (χ4n) is 2.75. The number of aryl methyl sites for hydroxylation is 1. The van der Waals surface area contributed by atoms with Gasteiger partial charge in [0, 0.05) is 5.69 Å². The summed E-state index contributed by atoms with van der Waals surface area (Å²) in [4.78, 5) is 11.3. The molecule has 0 heterocycles. The van der Waals surface area contributed by atoms with Crippen molar-refractivity contribution in [2.75, 3.05) is 4.72 Å². The number of sulfonamides is 1. The predicted octanol–water partition coefficient (Wildman–Crippen LogP) is 2.67. The monoisotopic (exact) mass is 317 g/mol. The van der Waals surface area contributed by atoms with Crippen molar-refractivity contribution >= 4 is 21.7 Å². The van der Waals surface area contributed by atoms with Crippen LogP contribution in [0.1, 0.15) is 27.9 Å². The molecular weight excluding hydrogens is 302 g/mol. The van der Waals surface area contributed by atoms with Crippen LogP contribution in [0.15, 0.2) is 47.4 Å². The highest BCUT2D eigenvalue weighted by Gasteiger charge is 2.26. The maximum atomic E-state index is 12.6. The topological polar surface area (TPSA) is 83.5 Å². The number of nitrogens with one attached hydrogen (secondary N) is 1. The van der Waals surface area contributed by atoms with Crippen LogP contribution in [0.25, 0.3) is 0 Å². The Hall–Kier alpha value is -2.34. The SMILES string of the molecule is O=C(O)c1cc2c(c(S(=O)(=O)Nc3ccccc3)c1)CCC2. The van der Waals surface area contributed by atoms with Crippen LogP contribution in [0.3, 0.4) is 0 Å². The summed E-state index contributed by atoms with van der Waals surface area (Å²) < 4.78 is 27.8. The van der Waals surface area contributed by atoms with Crippen molar-refractivity contribution in [2.24, 2.45) is 0 Å². The van der Waals surface area contributed by atoms with Crippen LogP contribution in [0.2, 0.25) is 0 Å². The van der Waals surface area contributed by atoms with Gasteiger partial charge in [-0.3, -0.25) is 4.72 Å². The number of rotatable bonds is 4. The Labute approximate surface area is 128 Å². The number of anilines is 1. The van der Waals surface area contributed by atoms with E-state index in [1.807, 2.05) is 0 Å². The second-order valence-electron chi connectivity index (χ2n) is 5.24. The zero-order valence-electron chi connectivity index (χ0n) is 11.7. The molecule has 0 bridgehead atoms. The number of carboxylic acids is 1. The van der Waals surface area contributed by atoms with E-state index in [2.05, 4.69) is 4.72 Å². The van der Waals surface area contributed by atoms with E-state index in [4.69, 9.17) is 0 Å². The largest absolute Gasteiger partial charge is 0.478 e. The standard InChI is InChI=1S/C16H15NO4S/c18-16(19)12-9-11-5-4-8-14(11)15(10-12)22(20,21)17-13-6-2-1-3-7-13/h1-3,6-7,9-10,17H,4-5,8H2,(H,18,19). The van der Waals surface area contributed by atoms with Gasteiger partial charge in [0.25, 0.3) is 10.0 Å². The molecular formula is C16H15NO4S. The Morgan fingerprint density at radius 2 is 1.82 bits per heavy atom. The van der Waals surface area contributed by atoms with Crippen LogP contribution in [-0.2, 0) is 22.9 Å². The normalized spacial score (nSPS) is 13.6. The first kappa shape index (κ1) is 14.6. The first-order valence-corrected chi connectivity index (χ1v) is 8.42. The highest BCUT2D eigenvalue weighted by atomic mass is 32.2. The summed E-state index contributed by atoms with van der Waals surface area (Å²) in [5, 5.41) is 9.18. The van der Waals surface area contributed by atoms with E-state index in [1.54, 1.807) is 36.4 Å². The van der Waals surface area contributed by atoms with Gasteiger partial charge in [-0.15, -0.1) is 0 Å². The molecule has 1 aliphatic carbocycles. The number of hydrogen-bond acceptors (Lipinski definition) is 3. The maximum Gasteiger partial charge on any atom is 0.335 e. The van der Waals surface area contributed by atoms with Gasteiger partial charge >= 0.3 is 5.97 Å². The Kier molecular flexibility index (Phi) is 3.62. The molecule has 0 aromatic heterocycles. The number of para-hydroxylation sites is 1. The van der Waals surface area contributed by atoms with E-state index in [9.17, 15) is 18.3 Å². The molecule has 0 saturated carbocycles. The van der Waals surface area contributed by atoms with E-state index >= 15 is 0 Å². The molecule has 114 valence electrons. The van der Waals surface area contributed by atoms with Crippen LogP contribution in [0, 0.1) is 0 Å². The summed E-state index contributed by atoms with van der Waals surface area (Å²) in [6, 6.07) is 11.4. The molecule has 0 radical (unpaired) electrons. The zero-order valence-corrected chi connectivity index (χ0v) is 12.6. The maximum absolute atomic E-state index is 12.6. The fraction of sp³-hybridized carbons (Fsp3) is 0.188. The van der Waals surface area contributed by atoms with Gasteiger partial charge in [-0.1, -0.05) is 18.2 Å². The molecule has 3 rings (SSSR count). The lowest BCUT2D eigenvalue weighted by atomic mass is 10.1. The molecule has 2 N–H and O–H groups in total. The van der Waals surface area contributed by atoms with Crippen molar-refractivity contribution in [3.63, 3.8) is 0 Å². The van der Waals surface area contributed by atoms with Gasteiger partial charge < -0.3 is 5.11 Å². The minimum atomic E-state index is -3.81. The molecule has 0 atom stereocenters. The molecule has 2 aromatic carbocycles. The molecule has 0 aliphatic heterocycles. The van der Waals surface area contributed by atoms with Gasteiger partial charge in [0.2, 0.25) is 0 Å². The van der Waals surface area contributed by atoms with Gasteiger partial charge in [0.05, 0.1) is 10.5 Å². The summed E-state index contributed by atoms with van der Waals surface area (Å²) in [5.41, 5.74) is 2.01. The van der Waals surface area contributed by atoms with Gasteiger partial charge in [-0.2, -0.15) is 0 Å². The van der Waals surface area contributed by atoms with Crippen molar-refractivity contribution in [1.82, 2.24) is 0 Å². The third-order valence-electron chi connectivity index (χ3n) is 3.74. The van der Waals surface area contributed by atoms with Crippen LogP contribution in [0.4, 0.5) is 5.69 Å². The smallest absolute Gasteiger partial charge is 0.335 e. The number of aromatic carboxylic acids is 1. The predicted molar refractivity (Wildman–Crippen MR) is 82.7 cm³/mol. The lowest BCUT2D eigenvalue weighted by Gasteiger charge is -2.13. The molecule has 0 unspecified atom stereocenters. The lowest BCUT2D eigenvalue weighted by molar-refractivity contribution is 0.0696. The van der Waals surface area contributed by atoms with E-state index < -0.39 is 16.0 Å². The Morgan fingerprint density at radius 1 is 1.09 bits per heavy atom. The van der Waals surface area contributed by atoms with Crippen LogP contribution in [0.5, 0.6) is 0 Å². The van der Waals surface area contributed by atoms with E-state index in [0.29, 0.717) is 18.5 Å². The van der Waals surface area contributed by atoms with Gasteiger partial charge in [-0.25, -0.2) is 13.2 Å². The Balaban J connectivity index is 2.09. The molecule has 0 spiro atoms. The minimum absolute atomic E-state index is 0.00841. The summed E-state index contributed by atoms with van der Waals surface area (Å²) in [6.45, 7) is 0. The second kappa shape index (κ2) is 5.46. The van der Waals surface area contributed by atoms with Crippen molar-refractivity contribution in [1.29, 1.82) is 0 Å². The van der Waals surface area contributed by atoms with Gasteiger partial charge in [0.15, 0.2) is 0 Å². The van der Waals surface area contributed by atoms with Gasteiger partial charge in [-0.05, 0) is 54.7 Å².